The summed E-state index contributed by atoms with van der Waals surface area (Å²) < 4.78 is 23.5. The molecule has 0 spiro atoms. The first kappa shape index (κ1) is 15.6. The number of rotatable bonds is 3. The van der Waals surface area contributed by atoms with Gasteiger partial charge >= 0.3 is 0 Å². The van der Waals surface area contributed by atoms with Crippen LogP contribution in [0.4, 0.5) is 5.13 Å². The summed E-state index contributed by atoms with van der Waals surface area (Å²) in [6, 6.07) is 4.45. The second-order valence-corrected chi connectivity index (χ2v) is 8.08. The van der Waals surface area contributed by atoms with Crippen molar-refractivity contribution in [2.45, 2.75) is 13.0 Å². The fraction of sp³-hybridized carbons (Fsp3) is 0.214. The number of sulfone groups is 1. The van der Waals surface area contributed by atoms with Gasteiger partial charge in [0.2, 0.25) is 5.91 Å². The lowest BCUT2D eigenvalue weighted by molar-refractivity contribution is -0.114. The van der Waals surface area contributed by atoms with Crippen LogP contribution in [-0.2, 0) is 14.6 Å². The maximum atomic E-state index is 12.2. The molecular weight excluding hydrogens is 338 g/mol. The largest absolute Gasteiger partial charge is 0.345 e. The predicted molar refractivity (Wildman–Crippen MR) is 88.1 cm³/mol. The highest BCUT2D eigenvalue weighted by Crippen LogP contribution is 2.26. The molecule has 3 rings (SSSR count). The van der Waals surface area contributed by atoms with Crippen LogP contribution in [-0.4, -0.2) is 37.0 Å². The number of thiazole rings is 1. The highest BCUT2D eigenvalue weighted by molar-refractivity contribution is 7.94. The van der Waals surface area contributed by atoms with Crippen LogP contribution in [0, 0.1) is 0 Å². The lowest BCUT2D eigenvalue weighted by atomic mass is 10.2. The van der Waals surface area contributed by atoms with E-state index in [1.54, 1.807) is 18.2 Å². The van der Waals surface area contributed by atoms with Gasteiger partial charge in [0.1, 0.15) is 0 Å². The normalized spacial score (nSPS) is 18.9. The summed E-state index contributed by atoms with van der Waals surface area (Å²) in [5.74, 6) is -0.682. The van der Waals surface area contributed by atoms with Crippen molar-refractivity contribution in [1.82, 2.24) is 10.3 Å². The molecule has 2 amide bonds. The number of carbonyl (C=O) groups is 2. The van der Waals surface area contributed by atoms with Crippen LogP contribution < -0.4 is 10.6 Å². The highest BCUT2D eigenvalue weighted by Gasteiger charge is 2.23. The number of benzene rings is 1. The zero-order valence-corrected chi connectivity index (χ0v) is 13.7. The van der Waals surface area contributed by atoms with Crippen LogP contribution in [0.3, 0.4) is 0 Å². The maximum absolute atomic E-state index is 12.2. The molecule has 120 valence electrons. The zero-order valence-electron chi connectivity index (χ0n) is 12.1. The molecule has 0 saturated heterocycles. The van der Waals surface area contributed by atoms with Crippen molar-refractivity contribution >= 4 is 48.3 Å². The van der Waals surface area contributed by atoms with Crippen LogP contribution in [0.2, 0.25) is 0 Å². The molecule has 0 bridgehead atoms. The van der Waals surface area contributed by atoms with Crippen molar-refractivity contribution < 1.29 is 18.0 Å². The lowest BCUT2D eigenvalue weighted by Crippen LogP contribution is -2.35. The molecule has 0 fully saturated rings. The van der Waals surface area contributed by atoms with Crippen LogP contribution in [0.25, 0.3) is 10.2 Å². The van der Waals surface area contributed by atoms with Gasteiger partial charge in [-0.3, -0.25) is 9.59 Å². The van der Waals surface area contributed by atoms with Gasteiger partial charge in [0.15, 0.2) is 15.0 Å². The summed E-state index contributed by atoms with van der Waals surface area (Å²) in [4.78, 5) is 27.5. The molecule has 7 nitrogen and oxygen atoms in total. The van der Waals surface area contributed by atoms with Crippen molar-refractivity contribution in [1.29, 1.82) is 0 Å². The first-order chi connectivity index (χ1) is 10.8. The van der Waals surface area contributed by atoms with E-state index in [9.17, 15) is 18.0 Å². The van der Waals surface area contributed by atoms with Gasteiger partial charge in [-0.2, -0.15) is 0 Å². The number of hydrogen-bond donors (Lipinski definition) is 2. The van der Waals surface area contributed by atoms with Gasteiger partial charge in [0.25, 0.3) is 5.91 Å². The molecule has 1 aliphatic rings. The van der Waals surface area contributed by atoms with E-state index >= 15 is 0 Å². The Balaban J connectivity index is 1.78. The molecule has 1 atom stereocenters. The fourth-order valence-corrected chi connectivity index (χ4v) is 4.37. The van der Waals surface area contributed by atoms with E-state index < -0.39 is 15.9 Å². The molecule has 0 saturated carbocycles. The molecule has 1 aromatic heterocycles. The molecular formula is C14H13N3O4S2. The summed E-state index contributed by atoms with van der Waals surface area (Å²) in [5.41, 5.74) is 1.09. The van der Waals surface area contributed by atoms with Gasteiger partial charge in [0.05, 0.1) is 22.0 Å². The van der Waals surface area contributed by atoms with E-state index in [2.05, 4.69) is 15.6 Å². The second-order valence-electron chi connectivity index (χ2n) is 5.12. The molecule has 2 aromatic rings. The predicted octanol–water partition coefficient (Wildman–Crippen LogP) is 1.30. The monoisotopic (exact) mass is 351 g/mol. The number of fused-ring (bicyclic) bond motifs is 1. The van der Waals surface area contributed by atoms with Gasteiger partial charge in [-0.25, -0.2) is 13.4 Å². The minimum Gasteiger partial charge on any atom is -0.345 e. The van der Waals surface area contributed by atoms with Crippen molar-refractivity contribution in [2.24, 2.45) is 0 Å². The molecule has 1 aromatic carbocycles. The molecule has 2 N–H and O–H groups in total. The summed E-state index contributed by atoms with van der Waals surface area (Å²) in [7, 11) is -3.21. The van der Waals surface area contributed by atoms with Gasteiger partial charge in [-0.05, 0) is 24.3 Å². The van der Waals surface area contributed by atoms with E-state index in [4.69, 9.17) is 0 Å². The van der Waals surface area contributed by atoms with E-state index in [1.165, 1.54) is 24.3 Å². The first-order valence-electron chi connectivity index (χ1n) is 6.72. The molecule has 9 heteroatoms. The smallest absolute Gasteiger partial charge is 0.251 e. The number of aromatic nitrogens is 1. The quantitative estimate of drug-likeness (QED) is 0.867. The average Bonchev–Trinajstić information content (AvgIpc) is 2.99. The van der Waals surface area contributed by atoms with Crippen LogP contribution in [0.15, 0.2) is 29.7 Å². The van der Waals surface area contributed by atoms with E-state index in [0.29, 0.717) is 16.2 Å². The SMILES string of the molecule is CC(=O)Nc1nc2ccc(C(=O)N[C@H]3C=CS(=O)(=O)C3)cc2s1. The van der Waals surface area contributed by atoms with Crippen LogP contribution >= 0.6 is 11.3 Å². The van der Waals surface area contributed by atoms with Gasteiger partial charge in [-0.15, -0.1) is 0 Å². The second kappa shape index (κ2) is 5.74. The Morgan fingerprint density at radius 1 is 1.35 bits per heavy atom. The minimum absolute atomic E-state index is 0.117. The Morgan fingerprint density at radius 2 is 2.13 bits per heavy atom. The third kappa shape index (κ3) is 3.57. The molecule has 0 radical (unpaired) electrons. The van der Waals surface area contributed by atoms with Gasteiger partial charge in [-0.1, -0.05) is 11.3 Å². The summed E-state index contributed by atoms with van der Waals surface area (Å²) in [6.45, 7) is 1.40. The molecule has 23 heavy (non-hydrogen) atoms. The lowest BCUT2D eigenvalue weighted by Gasteiger charge is -2.09. The van der Waals surface area contributed by atoms with Crippen molar-refractivity contribution in [2.75, 3.05) is 11.1 Å². The van der Waals surface area contributed by atoms with Crippen molar-refractivity contribution in [3.8, 4) is 0 Å². The number of carbonyl (C=O) groups excluding carboxylic acids is 2. The van der Waals surface area contributed by atoms with Crippen LogP contribution in [0.5, 0.6) is 0 Å². The Labute approximate surface area is 136 Å². The Kier molecular flexibility index (Phi) is 3.90. The summed E-state index contributed by atoms with van der Waals surface area (Å²) >= 11 is 1.27. The Bertz CT molecular complexity index is 931. The molecule has 0 aliphatic carbocycles. The molecule has 0 unspecified atom stereocenters. The maximum Gasteiger partial charge on any atom is 0.251 e. The standard InChI is InChI=1S/C14H13N3O4S2/c1-8(18)15-14-17-11-3-2-9(6-12(11)22-14)13(19)16-10-4-5-23(20,21)7-10/h2-6,10H,7H2,1H3,(H,16,19)(H,15,17,18)/t10-/m0/s1. The fourth-order valence-electron chi connectivity index (χ4n) is 2.19. The number of nitrogens with zero attached hydrogens (tertiary/aromatic N) is 1. The van der Waals surface area contributed by atoms with Gasteiger partial charge < -0.3 is 10.6 Å². The summed E-state index contributed by atoms with van der Waals surface area (Å²) in [6.07, 6.45) is 1.47. The molecule has 1 aliphatic heterocycles. The van der Waals surface area contributed by atoms with E-state index in [0.717, 1.165) is 10.1 Å². The highest BCUT2D eigenvalue weighted by atomic mass is 32.2. The summed E-state index contributed by atoms with van der Waals surface area (Å²) in [5, 5.41) is 6.85. The Hall–Kier alpha value is -2.26. The van der Waals surface area contributed by atoms with Crippen LogP contribution in [0.1, 0.15) is 17.3 Å². The van der Waals surface area contributed by atoms with E-state index in [-0.39, 0.29) is 17.6 Å². The van der Waals surface area contributed by atoms with E-state index in [1.807, 2.05) is 0 Å². The topological polar surface area (TPSA) is 105 Å². The average molecular weight is 351 g/mol. The number of hydrogen-bond acceptors (Lipinski definition) is 6. The number of amides is 2. The third-order valence-electron chi connectivity index (χ3n) is 3.18. The van der Waals surface area contributed by atoms with Crippen molar-refractivity contribution in [3.63, 3.8) is 0 Å². The number of anilines is 1. The molecule has 2 heterocycles. The first-order valence-corrected chi connectivity index (χ1v) is 9.25. The number of nitrogens with one attached hydrogen (secondary N) is 2. The van der Waals surface area contributed by atoms with Crippen molar-refractivity contribution in [3.05, 3.63) is 35.2 Å². The third-order valence-corrected chi connectivity index (χ3v) is 5.51. The minimum atomic E-state index is -3.21. The zero-order chi connectivity index (χ0) is 16.6. The van der Waals surface area contributed by atoms with Gasteiger partial charge in [0, 0.05) is 17.9 Å². The Morgan fingerprint density at radius 3 is 2.78 bits per heavy atom.